The van der Waals surface area contributed by atoms with Gasteiger partial charge in [0, 0.05) is 30.9 Å². The van der Waals surface area contributed by atoms with Crippen LogP contribution in [0.2, 0.25) is 0 Å². The van der Waals surface area contributed by atoms with Crippen LogP contribution in [0.25, 0.3) is 11.0 Å². The Morgan fingerprint density at radius 2 is 2.30 bits per heavy atom. The van der Waals surface area contributed by atoms with Gasteiger partial charge in [-0.15, -0.1) is 0 Å². The topological polar surface area (TPSA) is 76.2 Å². The van der Waals surface area contributed by atoms with Crippen molar-refractivity contribution in [2.24, 2.45) is 5.92 Å². The molecule has 0 radical (unpaired) electrons. The minimum Gasteiger partial charge on any atom is -0.460 e. The van der Waals surface area contributed by atoms with E-state index in [2.05, 4.69) is 22.2 Å². The molecule has 1 aliphatic rings. The maximum atomic E-state index is 12.4. The Morgan fingerprint density at radius 3 is 3.04 bits per heavy atom. The number of carbonyl (C=O) groups excluding carboxylic acids is 1. The normalized spacial score (nSPS) is 20.8. The predicted molar refractivity (Wildman–Crippen MR) is 88.7 cm³/mol. The molecule has 2 N–H and O–H groups in total. The molecular formula is C17H23N3O3. The fourth-order valence-corrected chi connectivity index (χ4v) is 3.16. The molecule has 2 aromatic rings. The fourth-order valence-electron chi connectivity index (χ4n) is 3.16. The van der Waals surface area contributed by atoms with Gasteiger partial charge in [0.25, 0.3) is 0 Å². The first-order valence-electron chi connectivity index (χ1n) is 8.07. The van der Waals surface area contributed by atoms with Crippen molar-refractivity contribution in [3.63, 3.8) is 0 Å². The number of anilines is 1. The molecule has 23 heavy (non-hydrogen) atoms. The second kappa shape index (κ2) is 7.00. The number of nitrogens with zero attached hydrogens (tertiary/aromatic N) is 1. The van der Waals surface area contributed by atoms with Crippen molar-refractivity contribution in [3.05, 3.63) is 24.0 Å². The Labute approximate surface area is 135 Å². The number of hydrogen-bond donors (Lipinski definition) is 2. The van der Waals surface area contributed by atoms with Crippen molar-refractivity contribution in [1.29, 1.82) is 0 Å². The molecule has 0 aromatic carbocycles. The third-order valence-corrected chi connectivity index (χ3v) is 4.37. The van der Waals surface area contributed by atoms with E-state index < -0.39 is 0 Å². The summed E-state index contributed by atoms with van der Waals surface area (Å²) in [5.74, 6) is 0.347. The number of nitrogens with one attached hydrogen (secondary N) is 2. The van der Waals surface area contributed by atoms with Crippen molar-refractivity contribution in [2.45, 2.75) is 32.2 Å². The van der Waals surface area contributed by atoms with Gasteiger partial charge in [-0.1, -0.05) is 6.92 Å². The van der Waals surface area contributed by atoms with E-state index in [1.165, 1.54) is 6.42 Å². The predicted octanol–water partition coefficient (Wildman–Crippen LogP) is 2.97. The third-order valence-electron chi connectivity index (χ3n) is 4.37. The van der Waals surface area contributed by atoms with Gasteiger partial charge in [-0.2, -0.15) is 0 Å². The van der Waals surface area contributed by atoms with Gasteiger partial charge in [-0.05, 0) is 31.2 Å². The zero-order valence-corrected chi connectivity index (χ0v) is 13.6. The summed E-state index contributed by atoms with van der Waals surface area (Å²) in [4.78, 5) is 19.8. The van der Waals surface area contributed by atoms with Gasteiger partial charge in [0.1, 0.15) is 17.8 Å². The SMILES string of the molecule is COCCOC(=O)c1cnc2[nH]ccc2c1NC1CCC(C)C1. The Bertz CT molecular complexity index is 683. The highest BCUT2D eigenvalue weighted by molar-refractivity contribution is 6.04. The molecule has 2 unspecified atom stereocenters. The Morgan fingerprint density at radius 1 is 1.43 bits per heavy atom. The Hall–Kier alpha value is -2.08. The zero-order chi connectivity index (χ0) is 16.2. The van der Waals surface area contributed by atoms with Crippen LogP contribution in [0.3, 0.4) is 0 Å². The van der Waals surface area contributed by atoms with E-state index in [0.29, 0.717) is 24.1 Å². The molecule has 0 bridgehead atoms. The van der Waals surface area contributed by atoms with E-state index in [9.17, 15) is 4.79 Å². The first kappa shape index (κ1) is 15.8. The lowest BCUT2D eigenvalue weighted by Crippen LogP contribution is -2.19. The van der Waals surface area contributed by atoms with Gasteiger partial charge in [-0.3, -0.25) is 0 Å². The third kappa shape index (κ3) is 3.47. The summed E-state index contributed by atoms with van der Waals surface area (Å²) in [6.45, 7) is 2.88. The summed E-state index contributed by atoms with van der Waals surface area (Å²) in [5, 5.41) is 4.47. The van der Waals surface area contributed by atoms with Crippen LogP contribution in [0, 0.1) is 5.92 Å². The lowest BCUT2D eigenvalue weighted by atomic mass is 10.1. The second-order valence-electron chi connectivity index (χ2n) is 6.18. The maximum absolute atomic E-state index is 12.4. The standard InChI is InChI=1S/C17H23N3O3/c1-11-3-4-12(9-11)20-15-13-5-6-18-16(13)19-10-14(15)17(21)23-8-7-22-2/h5-6,10-12H,3-4,7-9H2,1-2H3,(H2,18,19,20). The molecule has 0 spiro atoms. The molecule has 6 heteroatoms. The minimum absolute atomic E-state index is 0.237. The van der Waals surface area contributed by atoms with Crippen LogP contribution < -0.4 is 5.32 Å². The summed E-state index contributed by atoms with van der Waals surface area (Å²) in [6.07, 6.45) is 6.86. The number of ether oxygens (including phenoxy) is 2. The van der Waals surface area contributed by atoms with Crippen molar-refractivity contribution in [1.82, 2.24) is 9.97 Å². The van der Waals surface area contributed by atoms with Crippen LogP contribution >= 0.6 is 0 Å². The molecule has 2 atom stereocenters. The monoisotopic (exact) mass is 317 g/mol. The lowest BCUT2D eigenvalue weighted by molar-refractivity contribution is 0.0389. The fraction of sp³-hybridized carbons (Fsp3) is 0.529. The smallest absolute Gasteiger partial charge is 0.341 e. The number of esters is 1. The molecule has 2 heterocycles. The number of pyridine rings is 1. The van der Waals surface area contributed by atoms with Crippen LogP contribution in [0.1, 0.15) is 36.5 Å². The van der Waals surface area contributed by atoms with Crippen LogP contribution in [-0.4, -0.2) is 42.3 Å². The summed E-state index contributed by atoms with van der Waals surface area (Å²) >= 11 is 0. The van der Waals surface area contributed by atoms with E-state index in [1.54, 1.807) is 13.3 Å². The zero-order valence-electron chi connectivity index (χ0n) is 13.6. The number of aromatic nitrogens is 2. The van der Waals surface area contributed by atoms with Crippen molar-refractivity contribution in [3.8, 4) is 0 Å². The number of hydrogen-bond acceptors (Lipinski definition) is 5. The first-order chi connectivity index (χ1) is 11.2. The number of H-pyrrole nitrogens is 1. The van der Waals surface area contributed by atoms with Crippen LogP contribution in [0.4, 0.5) is 5.69 Å². The number of carbonyl (C=O) groups is 1. The van der Waals surface area contributed by atoms with Crippen LogP contribution in [0.15, 0.2) is 18.5 Å². The largest absolute Gasteiger partial charge is 0.460 e. The second-order valence-corrected chi connectivity index (χ2v) is 6.18. The van der Waals surface area contributed by atoms with Gasteiger partial charge in [-0.25, -0.2) is 9.78 Å². The lowest BCUT2D eigenvalue weighted by Gasteiger charge is -2.17. The van der Waals surface area contributed by atoms with Crippen LogP contribution in [-0.2, 0) is 9.47 Å². The van der Waals surface area contributed by atoms with Gasteiger partial charge >= 0.3 is 5.97 Å². The van der Waals surface area contributed by atoms with E-state index in [4.69, 9.17) is 9.47 Å². The molecule has 3 rings (SSSR count). The molecular weight excluding hydrogens is 294 g/mol. The highest BCUT2D eigenvalue weighted by Gasteiger charge is 2.25. The summed E-state index contributed by atoms with van der Waals surface area (Å²) < 4.78 is 10.2. The van der Waals surface area contributed by atoms with E-state index in [-0.39, 0.29) is 12.6 Å². The number of aromatic amines is 1. The molecule has 124 valence electrons. The molecule has 1 fully saturated rings. The van der Waals surface area contributed by atoms with Gasteiger partial charge in [0.15, 0.2) is 0 Å². The van der Waals surface area contributed by atoms with E-state index >= 15 is 0 Å². The molecule has 1 aliphatic carbocycles. The van der Waals surface area contributed by atoms with Crippen molar-refractivity contribution < 1.29 is 14.3 Å². The Balaban J connectivity index is 1.87. The highest BCUT2D eigenvalue weighted by atomic mass is 16.6. The maximum Gasteiger partial charge on any atom is 0.341 e. The molecule has 0 saturated heterocycles. The Kier molecular flexibility index (Phi) is 4.81. The molecule has 1 saturated carbocycles. The highest BCUT2D eigenvalue weighted by Crippen LogP contribution is 2.32. The van der Waals surface area contributed by atoms with Gasteiger partial charge in [0.05, 0.1) is 12.3 Å². The molecule has 2 aromatic heterocycles. The molecule has 0 amide bonds. The number of fused-ring (bicyclic) bond motifs is 1. The minimum atomic E-state index is -0.369. The summed E-state index contributed by atoms with van der Waals surface area (Å²) in [7, 11) is 1.58. The molecule has 0 aliphatic heterocycles. The van der Waals surface area contributed by atoms with Crippen LogP contribution in [0.5, 0.6) is 0 Å². The number of rotatable bonds is 6. The van der Waals surface area contributed by atoms with Crippen molar-refractivity contribution in [2.75, 3.05) is 25.6 Å². The van der Waals surface area contributed by atoms with E-state index in [0.717, 1.165) is 29.6 Å². The molecule has 6 nitrogen and oxygen atoms in total. The number of methoxy groups -OCH3 is 1. The van der Waals surface area contributed by atoms with E-state index in [1.807, 2.05) is 12.3 Å². The quantitative estimate of drug-likeness (QED) is 0.633. The first-order valence-corrected chi connectivity index (χ1v) is 8.07. The van der Waals surface area contributed by atoms with Gasteiger partial charge in [0.2, 0.25) is 0 Å². The summed E-state index contributed by atoms with van der Waals surface area (Å²) in [5.41, 5.74) is 2.07. The summed E-state index contributed by atoms with van der Waals surface area (Å²) in [6, 6.07) is 2.32. The average Bonchev–Trinajstić information content (AvgIpc) is 3.16. The van der Waals surface area contributed by atoms with Gasteiger partial charge < -0.3 is 19.8 Å². The van der Waals surface area contributed by atoms with Crippen molar-refractivity contribution >= 4 is 22.7 Å². The average molecular weight is 317 g/mol.